The summed E-state index contributed by atoms with van der Waals surface area (Å²) >= 11 is 1.55. The molecule has 3 nitrogen and oxygen atoms in total. The highest BCUT2D eigenvalue weighted by Crippen LogP contribution is 2.50. The summed E-state index contributed by atoms with van der Waals surface area (Å²) in [6.07, 6.45) is 0.469. The van der Waals surface area contributed by atoms with Gasteiger partial charge in [0.05, 0.1) is 10.6 Å². The molecule has 0 aliphatic heterocycles. The highest BCUT2D eigenvalue weighted by Gasteiger charge is 2.25. The van der Waals surface area contributed by atoms with Gasteiger partial charge in [0.25, 0.3) is 0 Å². The molecule has 1 N–H and O–H groups in total. The van der Waals surface area contributed by atoms with Gasteiger partial charge in [-0.15, -0.1) is 0 Å². The fourth-order valence-electron chi connectivity index (χ4n) is 2.67. The van der Waals surface area contributed by atoms with Crippen LogP contribution in [-0.2, 0) is 4.79 Å². The molecule has 3 aromatic rings. The molecule has 4 heteroatoms. The van der Waals surface area contributed by atoms with E-state index in [9.17, 15) is 4.79 Å². The Balaban J connectivity index is 1.91. The van der Waals surface area contributed by atoms with Gasteiger partial charge in [-0.05, 0) is 10.8 Å². The number of benzene rings is 2. The van der Waals surface area contributed by atoms with Crippen molar-refractivity contribution in [1.29, 1.82) is 0 Å². The molecule has 1 amide bonds. The minimum Gasteiger partial charge on any atom is -0.302 e. The zero-order valence-corrected chi connectivity index (χ0v) is 11.8. The second kappa shape index (κ2) is 4.15. The van der Waals surface area contributed by atoms with Crippen molar-refractivity contribution in [2.75, 3.05) is 5.32 Å². The number of nitrogens with one attached hydrogen (secondary N) is 1. The first kappa shape index (κ1) is 11.6. The summed E-state index contributed by atoms with van der Waals surface area (Å²) in [5.74, 6) is 0.00363. The fourth-order valence-corrected chi connectivity index (χ4v) is 3.70. The van der Waals surface area contributed by atoms with Crippen LogP contribution in [0.15, 0.2) is 36.4 Å². The van der Waals surface area contributed by atoms with E-state index in [2.05, 4.69) is 46.7 Å². The Bertz CT molecular complexity index is 795. The molecule has 0 unspecified atom stereocenters. The lowest BCUT2D eigenvalue weighted by molar-refractivity contribution is -0.115. The van der Waals surface area contributed by atoms with Crippen LogP contribution in [0.25, 0.3) is 32.5 Å². The fraction of sp³-hybridized carbons (Fsp3) is 0.125. The average molecular weight is 280 g/mol. The van der Waals surface area contributed by atoms with E-state index in [4.69, 9.17) is 0 Å². The number of aromatic nitrogens is 1. The first-order valence-corrected chi connectivity index (χ1v) is 7.42. The number of fused-ring (bicyclic) bond motifs is 3. The molecule has 0 saturated carbocycles. The van der Waals surface area contributed by atoms with Gasteiger partial charge in [0, 0.05) is 17.5 Å². The normalized spacial score (nSPS) is 11.7. The summed E-state index contributed by atoms with van der Waals surface area (Å²) in [6.45, 7) is 1.84. The van der Waals surface area contributed by atoms with Crippen molar-refractivity contribution in [2.45, 2.75) is 13.3 Å². The molecule has 1 aliphatic rings. The molecular weight excluding hydrogens is 268 g/mol. The van der Waals surface area contributed by atoms with Crippen molar-refractivity contribution in [2.24, 2.45) is 0 Å². The average Bonchev–Trinajstić information content (AvgIpc) is 3.00. The molecule has 1 aliphatic carbocycles. The van der Waals surface area contributed by atoms with Crippen molar-refractivity contribution >= 4 is 33.1 Å². The van der Waals surface area contributed by atoms with Crippen molar-refractivity contribution < 1.29 is 4.79 Å². The molecule has 0 radical (unpaired) electrons. The Kier molecular flexibility index (Phi) is 2.41. The summed E-state index contributed by atoms with van der Waals surface area (Å²) in [5, 5.41) is 6.06. The minimum absolute atomic E-state index is 0.00363. The molecule has 0 saturated heterocycles. The van der Waals surface area contributed by atoms with Crippen LogP contribution in [0.3, 0.4) is 0 Å². The second-order valence-corrected chi connectivity index (χ2v) is 5.81. The first-order valence-electron chi connectivity index (χ1n) is 6.61. The molecule has 20 heavy (non-hydrogen) atoms. The zero-order valence-electron chi connectivity index (χ0n) is 10.9. The third-order valence-corrected chi connectivity index (χ3v) is 4.60. The maximum absolute atomic E-state index is 11.5. The molecule has 2 aromatic carbocycles. The number of carbonyl (C=O) groups is 1. The molecule has 1 aromatic heterocycles. The molecular formula is C16H12N2OS. The molecule has 0 bridgehead atoms. The Morgan fingerprint density at radius 1 is 1.20 bits per heavy atom. The van der Waals surface area contributed by atoms with E-state index in [0.29, 0.717) is 11.6 Å². The van der Waals surface area contributed by atoms with Crippen molar-refractivity contribution in [3.63, 3.8) is 0 Å². The van der Waals surface area contributed by atoms with E-state index in [1.54, 1.807) is 11.3 Å². The molecule has 4 rings (SSSR count). The van der Waals surface area contributed by atoms with Gasteiger partial charge in [-0.1, -0.05) is 54.7 Å². The predicted octanol–water partition coefficient (Wildman–Crippen LogP) is 4.29. The van der Waals surface area contributed by atoms with Gasteiger partial charge in [-0.3, -0.25) is 4.79 Å². The lowest BCUT2D eigenvalue weighted by Gasteiger charge is -2.02. The summed E-state index contributed by atoms with van der Waals surface area (Å²) in [5.41, 5.74) is 3.39. The molecule has 0 atom stereocenters. The Hall–Kier alpha value is -2.20. The number of amides is 1. The minimum atomic E-state index is 0.00363. The second-order valence-electron chi connectivity index (χ2n) is 4.81. The number of hydrogen-bond acceptors (Lipinski definition) is 3. The Morgan fingerprint density at radius 2 is 1.95 bits per heavy atom. The number of anilines is 1. The topological polar surface area (TPSA) is 42.0 Å². The molecule has 98 valence electrons. The Morgan fingerprint density at radius 3 is 2.70 bits per heavy atom. The molecule has 0 fully saturated rings. The number of carbonyl (C=O) groups excluding carboxylic acids is 1. The van der Waals surface area contributed by atoms with Crippen LogP contribution in [0.2, 0.25) is 0 Å². The van der Waals surface area contributed by atoms with Gasteiger partial charge in [0.1, 0.15) is 0 Å². The number of thiazole rings is 1. The van der Waals surface area contributed by atoms with Crippen molar-refractivity contribution in [3.8, 4) is 21.7 Å². The van der Waals surface area contributed by atoms with Crippen LogP contribution in [0.4, 0.5) is 5.13 Å². The number of nitrogens with zero attached hydrogens (tertiary/aromatic N) is 1. The van der Waals surface area contributed by atoms with Crippen molar-refractivity contribution in [3.05, 3.63) is 36.4 Å². The standard InChI is InChI=1S/C16H12N2OS/c1-2-12(19)17-16-18-14-10-7-3-5-9-6-4-8-11(13(9)10)15(14)20-16/h3-8H,2H2,1H3,(H,17,18,19). The predicted molar refractivity (Wildman–Crippen MR) is 83.0 cm³/mol. The van der Waals surface area contributed by atoms with E-state index in [-0.39, 0.29) is 5.91 Å². The van der Waals surface area contributed by atoms with Crippen LogP contribution < -0.4 is 5.32 Å². The largest absolute Gasteiger partial charge is 0.302 e. The monoisotopic (exact) mass is 280 g/mol. The molecule has 1 heterocycles. The van der Waals surface area contributed by atoms with Gasteiger partial charge >= 0.3 is 0 Å². The van der Waals surface area contributed by atoms with Gasteiger partial charge in [-0.2, -0.15) is 0 Å². The Labute approximate surface area is 120 Å². The lowest BCUT2D eigenvalue weighted by Crippen LogP contribution is -2.08. The van der Waals surface area contributed by atoms with Gasteiger partial charge < -0.3 is 5.32 Å². The van der Waals surface area contributed by atoms with Crippen LogP contribution in [-0.4, -0.2) is 10.9 Å². The zero-order chi connectivity index (χ0) is 13.7. The van der Waals surface area contributed by atoms with Gasteiger partial charge in [0.15, 0.2) is 5.13 Å². The lowest BCUT2D eigenvalue weighted by atomic mass is 10.0. The summed E-state index contributed by atoms with van der Waals surface area (Å²) in [4.78, 5) is 17.3. The van der Waals surface area contributed by atoms with Crippen molar-refractivity contribution in [1.82, 2.24) is 4.98 Å². The van der Waals surface area contributed by atoms with E-state index in [1.165, 1.54) is 21.9 Å². The van der Waals surface area contributed by atoms with Crippen LogP contribution >= 0.6 is 11.3 Å². The summed E-state index contributed by atoms with van der Waals surface area (Å²) < 4.78 is 0. The number of hydrogen-bond donors (Lipinski definition) is 1. The van der Waals surface area contributed by atoms with Crippen LogP contribution in [0.1, 0.15) is 13.3 Å². The summed E-state index contributed by atoms with van der Waals surface area (Å²) in [6, 6.07) is 12.6. The molecule has 0 spiro atoms. The summed E-state index contributed by atoms with van der Waals surface area (Å²) in [7, 11) is 0. The quantitative estimate of drug-likeness (QED) is 0.595. The van der Waals surface area contributed by atoms with E-state index in [1.807, 2.05) is 6.92 Å². The smallest absolute Gasteiger partial charge is 0.225 e. The maximum Gasteiger partial charge on any atom is 0.225 e. The van der Waals surface area contributed by atoms with E-state index >= 15 is 0 Å². The number of rotatable bonds is 2. The van der Waals surface area contributed by atoms with Crippen LogP contribution in [0.5, 0.6) is 0 Å². The first-order chi connectivity index (χ1) is 9.78. The highest BCUT2D eigenvalue weighted by atomic mass is 32.1. The van der Waals surface area contributed by atoms with E-state index < -0.39 is 0 Å². The van der Waals surface area contributed by atoms with E-state index in [0.717, 1.165) is 10.6 Å². The van der Waals surface area contributed by atoms with Gasteiger partial charge in [0.2, 0.25) is 5.91 Å². The van der Waals surface area contributed by atoms with Gasteiger partial charge in [-0.25, -0.2) is 4.98 Å². The maximum atomic E-state index is 11.5. The third kappa shape index (κ3) is 1.51. The SMILES string of the molecule is CCC(=O)Nc1nc2c(s1)-c1cccc3cccc-2c13. The highest BCUT2D eigenvalue weighted by molar-refractivity contribution is 7.20. The van der Waals surface area contributed by atoms with Crippen LogP contribution in [0, 0.1) is 0 Å². The third-order valence-electron chi connectivity index (χ3n) is 3.60.